The Kier molecular flexibility index (Phi) is 5.77. The largest absolute Gasteiger partial charge is 0.548 e. The number of aryl methyl sites for hydroxylation is 3. The minimum Gasteiger partial charge on any atom is -0.548 e. The molecule has 29 heavy (non-hydrogen) atoms. The first-order chi connectivity index (χ1) is 13.7. The molecule has 0 bridgehead atoms. The molecule has 154 valence electrons. The molecule has 3 rings (SSSR count). The lowest BCUT2D eigenvalue weighted by atomic mass is 9.99. The van der Waals surface area contributed by atoms with Gasteiger partial charge in [0.05, 0.1) is 30.3 Å². The van der Waals surface area contributed by atoms with Crippen LogP contribution >= 0.6 is 0 Å². The van der Waals surface area contributed by atoms with Crippen LogP contribution in [0.15, 0.2) is 26.0 Å². The molecule has 0 aliphatic heterocycles. The summed E-state index contributed by atoms with van der Waals surface area (Å²) in [5.74, 6) is -1.88. The van der Waals surface area contributed by atoms with Gasteiger partial charge in [-0.2, -0.15) is 0 Å². The van der Waals surface area contributed by atoms with Crippen molar-refractivity contribution in [1.29, 1.82) is 0 Å². The van der Waals surface area contributed by atoms with E-state index in [1.165, 1.54) is 0 Å². The Balaban J connectivity index is 1.98. The van der Waals surface area contributed by atoms with Crippen LogP contribution in [-0.4, -0.2) is 17.9 Å². The van der Waals surface area contributed by atoms with Gasteiger partial charge in [0.25, 0.3) is 0 Å². The van der Waals surface area contributed by atoms with Crippen LogP contribution in [-0.2, 0) is 16.0 Å². The number of carbonyl (C=O) groups excluding carboxylic acids is 2. The van der Waals surface area contributed by atoms with E-state index in [-0.39, 0.29) is 18.4 Å². The standard InChI is InChI=1S/C22H25NO6/c1-5-6-7-17(21(25)26)23-18(24)9-16-12(3)15-8-14-11(2)10-28-19(14)13(4)20(15)29-22(16)27/h8,10,17H,5-7,9H2,1-4H3,(H,23,24)(H,25,26)/p-1/t17-/m1/s1. The number of benzene rings is 1. The number of fused-ring (bicyclic) bond motifs is 2. The molecule has 2 heterocycles. The predicted octanol–water partition coefficient (Wildman–Crippen LogP) is 2.43. The number of carboxylic acids is 1. The van der Waals surface area contributed by atoms with Gasteiger partial charge in [-0.15, -0.1) is 0 Å². The van der Waals surface area contributed by atoms with Crippen molar-refractivity contribution < 1.29 is 23.5 Å². The van der Waals surface area contributed by atoms with Crippen molar-refractivity contribution in [2.45, 2.75) is 59.4 Å². The number of carbonyl (C=O) groups is 2. The highest BCUT2D eigenvalue weighted by Gasteiger charge is 2.20. The third-order valence-corrected chi connectivity index (χ3v) is 5.34. The molecule has 0 aliphatic rings. The average molecular weight is 398 g/mol. The Hall–Kier alpha value is -3.09. The van der Waals surface area contributed by atoms with Crippen molar-refractivity contribution in [1.82, 2.24) is 5.32 Å². The molecule has 0 spiro atoms. The zero-order valence-corrected chi connectivity index (χ0v) is 17.0. The summed E-state index contributed by atoms with van der Waals surface area (Å²) in [7, 11) is 0. The SMILES string of the molecule is CCCC[C@@H](NC(=O)Cc1c(C)c2cc3c(C)coc3c(C)c2oc1=O)C(=O)[O-]. The number of amides is 1. The van der Waals surface area contributed by atoms with E-state index in [1.54, 1.807) is 13.2 Å². The Bertz CT molecular complexity index is 1150. The molecule has 2 aromatic heterocycles. The van der Waals surface area contributed by atoms with Crippen LogP contribution in [0.3, 0.4) is 0 Å². The fourth-order valence-electron chi connectivity index (χ4n) is 3.59. The maximum atomic E-state index is 12.6. The van der Waals surface area contributed by atoms with Crippen LogP contribution in [0.25, 0.3) is 21.9 Å². The van der Waals surface area contributed by atoms with E-state index < -0.39 is 23.5 Å². The lowest BCUT2D eigenvalue weighted by Gasteiger charge is -2.19. The number of nitrogens with one attached hydrogen (secondary N) is 1. The first-order valence-corrected chi connectivity index (χ1v) is 9.68. The third kappa shape index (κ3) is 3.90. The van der Waals surface area contributed by atoms with Gasteiger partial charge in [0.2, 0.25) is 5.91 Å². The first kappa shape index (κ1) is 20.6. The number of rotatable bonds is 7. The minimum absolute atomic E-state index is 0.211. The topological polar surface area (TPSA) is 113 Å². The first-order valence-electron chi connectivity index (χ1n) is 9.68. The molecule has 0 saturated heterocycles. The summed E-state index contributed by atoms with van der Waals surface area (Å²) >= 11 is 0. The summed E-state index contributed by atoms with van der Waals surface area (Å²) in [6.07, 6.45) is 3.12. The fourth-order valence-corrected chi connectivity index (χ4v) is 3.59. The number of furan rings is 1. The lowest BCUT2D eigenvalue weighted by molar-refractivity contribution is -0.308. The molecular weight excluding hydrogens is 374 g/mol. The molecule has 0 saturated carbocycles. The second-order valence-electron chi connectivity index (χ2n) is 7.42. The van der Waals surface area contributed by atoms with Gasteiger partial charge < -0.3 is 24.1 Å². The molecule has 1 amide bonds. The summed E-state index contributed by atoms with van der Waals surface area (Å²) in [4.78, 5) is 36.2. The zero-order valence-electron chi connectivity index (χ0n) is 17.0. The molecular formula is C22H24NO6-. The van der Waals surface area contributed by atoms with Crippen LogP contribution in [0.4, 0.5) is 0 Å². The van der Waals surface area contributed by atoms with Crippen LogP contribution in [0.2, 0.25) is 0 Å². The van der Waals surface area contributed by atoms with Crippen LogP contribution < -0.4 is 16.0 Å². The Labute approximate surface area is 167 Å². The van der Waals surface area contributed by atoms with Gasteiger partial charge in [-0.05, 0) is 44.4 Å². The van der Waals surface area contributed by atoms with E-state index in [9.17, 15) is 19.5 Å². The van der Waals surface area contributed by atoms with E-state index in [1.807, 2.05) is 26.8 Å². The molecule has 0 aliphatic carbocycles. The highest BCUT2D eigenvalue weighted by atomic mass is 16.4. The van der Waals surface area contributed by atoms with Crippen LogP contribution in [0, 0.1) is 20.8 Å². The quantitative estimate of drug-likeness (QED) is 0.612. The molecule has 1 N–H and O–H groups in total. The van der Waals surface area contributed by atoms with Crippen molar-refractivity contribution in [3.05, 3.63) is 45.0 Å². The van der Waals surface area contributed by atoms with E-state index in [0.29, 0.717) is 23.2 Å². The molecule has 0 radical (unpaired) electrons. The number of hydrogen-bond donors (Lipinski definition) is 1. The summed E-state index contributed by atoms with van der Waals surface area (Å²) < 4.78 is 11.1. The van der Waals surface area contributed by atoms with Gasteiger partial charge in [0, 0.05) is 16.3 Å². The Morgan fingerprint density at radius 3 is 2.52 bits per heavy atom. The van der Waals surface area contributed by atoms with Crippen molar-refractivity contribution in [2.75, 3.05) is 0 Å². The predicted molar refractivity (Wildman–Crippen MR) is 107 cm³/mol. The van der Waals surface area contributed by atoms with Gasteiger partial charge in [-0.25, -0.2) is 4.79 Å². The Morgan fingerprint density at radius 2 is 1.86 bits per heavy atom. The highest BCUT2D eigenvalue weighted by Crippen LogP contribution is 2.32. The van der Waals surface area contributed by atoms with Gasteiger partial charge in [-0.1, -0.05) is 19.8 Å². The number of hydrogen-bond acceptors (Lipinski definition) is 6. The fraction of sp³-hybridized carbons (Fsp3) is 0.409. The second kappa shape index (κ2) is 8.11. The van der Waals surface area contributed by atoms with Crippen molar-refractivity contribution in [3.63, 3.8) is 0 Å². The number of unbranched alkanes of at least 4 members (excludes halogenated alkanes) is 1. The maximum absolute atomic E-state index is 12.6. The van der Waals surface area contributed by atoms with Crippen molar-refractivity contribution >= 4 is 33.8 Å². The normalized spacial score (nSPS) is 12.4. The highest BCUT2D eigenvalue weighted by molar-refractivity contribution is 6.00. The monoisotopic (exact) mass is 398 g/mol. The lowest BCUT2D eigenvalue weighted by Crippen LogP contribution is -2.48. The minimum atomic E-state index is -1.33. The Morgan fingerprint density at radius 1 is 1.14 bits per heavy atom. The van der Waals surface area contributed by atoms with E-state index in [4.69, 9.17) is 8.83 Å². The van der Waals surface area contributed by atoms with Gasteiger partial charge >= 0.3 is 5.63 Å². The number of aliphatic carboxylic acids is 1. The van der Waals surface area contributed by atoms with Gasteiger partial charge in [0.1, 0.15) is 11.2 Å². The maximum Gasteiger partial charge on any atom is 0.340 e. The average Bonchev–Trinajstić information content (AvgIpc) is 3.04. The third-order valence-electron chi connectivity index (χ3n) is 5.34. The van der Waals surface area contributed by atoms with Gasteiger partial charge in [0.15, 0.2) is 0 Å². The smallest absolute Gasteiger partial charge is 0.340 e. The van der Waals surface area contributed by atoms with Crippen molar-refractivity contribution in [3.8, 4) is 0 Å². The van der Waals surface area contributed by atoms with Gasteiger partial charge in [-0.3, -0.25) is 4.79 Å². The zero-order chi connectivity index (χ0) is 21.3. The van der Waals surface area contributed by atoms with Crippen molar-refractivity contribution in [2.24, 2.45) is 0 Å². The molecule has 7 nitrogen and oxygen atoms in total. The molecule has 3 aromatic rings. The van der Waals surface area contributed by atoms with Crippen LogP contribution in [0.1, 0.15) is 48.4 Å². The second-order valence-corrected chi connectivity index (χ2v) is 7.42. The molecule has 0 fully saturated rings. The van der Waals surface area contributed by atoms with E-state index in [2.05, 4.69) is 5.32 Å². The van der Waals surface area contributed by atoms with E-state index >= 15 is 0 Å². The summed E-state index contributed by atoms with van der Waals surface area (Å²) in [6, 6.07) is 0.812. The summed E-state index contributed by atoms with van der Waals surface area (Å²) in [6.45, 7) is 7.44. The molecule has 7 heteroatoms. The summed E-state index contributed by atoms with van der Waals surface area (Å²) in [5, 5.41) is 15.3. The molecule has 1 atom stereocenters. The van der Waals surface area contributed by atoms with Crippen LogP contribution in [0.5, 0.6) is 0 Å². The number of carboxylic acid groups (broad SMARTS) is 1. The molecule has 0 unspecified atom stereocenters. The van der Waals surface area contributed by atoms with E-state index in [0.717, 1.165) is 28.3 Å². The summed E-state index contributed by atoms with van der Waals surface area (Å²) in [5.41, 5.74) is 3.00. The molecule has 1 aromatic carbocycles.